The Labute approximate surface area is 121 Å². The van der Waals surface area contributed by atoms with Crippen molar-refractivity contribution in [3.8, 4) is 0 Å². The number of ketones is 1. The molecule has 1 aromatic heterocycles. The van der Waals surface area contributed by atoms with E-state index in [4.69, 9.17) is 0 Å². The molecule has 1 aliphatic carbocycles. The molecule has 0 saturated carbocycles. The molecule has 22 heavy (non-hydrogen) atoms. The standard InChI is InChI=1S/C12H11F5N2O3/c1-2-22-7(21)5-19-10-8(9(18-19)12(15,16)17)6(20)3-4-11(10,13)14/h2-5H2,1H3. The number of carbonyl (C=O) groups excluding carboxylic acids is 2. The van der Waals surface area contributed by atoms with Crippen LogP contribution in [0, 0.1) is 0 Å². The molecule has 0 radical (unpaired) electrons. The van der Waals surface area contributed by atoms with E-state index in [0.29, 0.717) is 0 Å². The molecule has 2 rings (SSSR count). The highest BCUT2D eigenvalue weighted by Gasteiger charge is 2.50. The maximum Gasteiger partial charge on any atom is 0.435 e. The first-order valence-electron chi connectivity index (χ1n) is 6.33. The van der Waals surface area contributed by atoms with Gasteiger partial charge in [0.15, 0.2) is 11.5 Å². The van der Waals surface area contributed by atoms with Gasteiger partial charge in [-0.05, 0) is 6.92 Å². The molecule has 0 spiro atoms. The van der Waals surface area contributed by atoms with Gasteiger partial charge in [0.25, 0.3) is 5.92 Å². The van der Waals surface area contributed by atoms with E-state index in [0.717, 1.165) is 0 Å². The van der Waals surface area contributed by atoms with E-state index in [1.165, 1.54) is 6.92 Å². The Hall–Kier alpha value is -2.00. The lowest BCUT2D eigenvalue weighted by Gasteiger charge is -2.23. The van der Waals surface area contributed by atoms with Gasteiger partial charge in [-0.2, -0.15) is 27.1 Å². The van der Waals surface area contributed by atoms with Crippen LogP contribution in [0.1, 0.15) is 41.5 Å². The molecular formula is C12H11F5N2O3. The van der Waals surface area contributed by atoms with Gasteiger partial charge in [-0.25, -0.2) is 0 Å². The number of halogens is 5. The molecule has 0 N–H and O–H groups in total. The normalized spacial score (nSPS) is 17.3. The molecule has 0 aliphatic heterocycles. The Morgan fingerprint density at radius 1 is 1.41 bits per heavy atom. The summed E-state index contributed by atoms with van der Waals surface area (Å²) in [6, 6.07) is 0. The van der Waals surface area contributed by atoms with Crippen molar-refractivity contribution in [2.45, 2.75) is 38.4 Å². The minimum absolute atomic E-state index is 0.0657. The third-order valence-electron chi connectivity index (χ3n) is 3.10. The number of carbonyl (C=O) groups is 2. The molecule has 0 amide bonds. The molecule has 1 aliphatic rings. The van der Waals surface area contributed by atoms with Crippen molar-refractivity contribution in [1.29, 1.82) is 0 Å². The summed E-state index contributed by atoms with van der Waals surface area (Å²) in [6.07, 6.45) is -6.72. The first-order valence-corrected chi connectivity index (χ1v) is 6.33. The van der Waals surface area contributed by atoms with Gasteiger partial charge in [0, 0.05) is 12.8 Å². The number of hydrogen-bond acceptors (Lipinski definition) is 4. The second kappa shape index (κ2) is 5.33. The quantitative estimate of drug-likeness (QED) is 0.633. The van der Waals surface area contributed by atoms with Crippen LogP contribution in [0.3, 0.4) is 0 Å². The highest BCUT2D eigenvalue weighted by atomic mass is 19.4. The predicted octanol–water partition coefficient (Wildman–Crippen LogP) is 2.53. The fraction of sp³-hybridized carbons (Fsp3) is 0.583. The third-order valence-corrected chi connectivity index (χ3v) is 3.10. The average molecular weight is 326 g/mol. The number of aromatic nitrogens is 2. The number of ether oxygens (including phenoxy) is 1. The fourth-order valence-electron chi connectivity index (χ4n) is 2.25. The van der Waals surface area contributed by atoms with Crippen LogP contribution >= 0.6 is 0 Å². The molecule has 1 aromatic rings. The molecule has 0 saturated heterocycles. The van der Waals surface area contributed by atoms with Crippen molar-refractivity contribution in [2.24, 2.45) is 0 Å². The summed E-state index contributed by atoms with van der Waals surface area (Å²) >= 11 is 0. The first-order chi connectivity index (χ1) is 10.1. The molecule has 0 aromatic carbocycles. The molecule has 0 fully saturated rings. The number of rotatable bonds is 3. The van der Waals surface area contributed by atoms with Crippen LogP contribution in [0.2, 0.25) is 0 Å². The first kappa shape index (κ1) is 16.4. The fourth-order valence-corrected chi connectivity index (χ4v) is 2.25. The van der Waals surface area contributed by atoms with Crippen LogP contribution in [0.15, 0.2) is 0 Å². The van der Waals surface area contributed by atoms with Gasteiger partial charge < -0.3 is 4.74 Å². The van der Waals surface area contributed by atoms with Crippen molar-refractivity contribution >= 4 is 11.8 Å². The van der Waals surface area contributed by atoms with Crippen molar-refractivity contribution < 1.29 is 36.3 Å². The Morgan fingerprint density at radius 2 is 2.05 bits per heavy atom. The second-order valence-electron chi connectivity index (χ2n) is 4.66. The average Bonchev–Trinajstić information content (AvgIpc) is 2.75. The highest BCUT2D eigenvalue weighted by Crippen LogP contribution is 2.44. The van der Waals surface area contributed by atoms with E-state index in [1.807, 2.05) is 0 Å². The van der Waals surface area contributed by atoms with Crippen molar-refractivity contribution in [1.82, 2.24) is 9.78 Å². The summed E-state index contributed by atoms with van der Waals surface area (Å²) in [5.41, 5.74) is -4.03. The maximum absolute atomic E-state index is 13.9. The summed E-state index contributed by atoms with van der Waals surface area (Å²) in [5, 5.41) is 3.02. The monoisotopic (exact) mass is 326 g/mol. The SMILES string of the molecule is CCOC(=O)Cn1nc(C(F)(F)F)c2c1C(F)(F)CCC2=O. The van der Waals surface area contributed by atoms with Gasteiger partial charge in [0.05, 0.1) is 12.2 Å². The molecule has 1 heterocycles. The Balaban J connectivity index is 2.60. The van der Waals surface area contributed by atoms with Gasteiger partial charge in [-0.1, -0.05) is 0 Å². The lowest BCUT2D eigenvalue weighted by atomic mass is 9.91. The number of fused-ring (bicyclic) bond motifs is 1. The number of esters is 1. The second-order valence-corrected chi connectivity index (χ2v) is 4.66. The molecular weight excluding hydrogens is 315 g/mol. The van der Waals surface area contributed by atoms with Crippen LogP contribution in [-0.2, 0) is 28.2 Å². The minimum atomic E-state index is -5.08. The third kappa shape index (κ3) is 2.81. The number of Topliss-reactive ketones (excluding diaryl/α,β-unsaturated/α-hetero) is 1. The lowest BCUT2D eigenvalue weighted by molar-refractivity contribution is -0.146. The summed E-state index contributed by atoms with van der Waals surface area (Å²) in [7, 11) is 0. The van der Waals surface area contributed by atoms with Gasteiger partial charge >= 0.3 is 12.1 Å². The molecule has 10 heteroatoms. The van der Waals surface area contributed by atoms with Crippen molar-refractivity contribution in [2.75, 3.05) is 6.61 Å². The molecule has 122 valence electrons. The van der Waals surface area contributed by atoms with Gasteiger partial charge in [-0.15, -0.1) is 0 Å². The predicted molar refractivity (Wildman–Crippen MR) is 61.3 cm³/mol. The van der Waals surface area contributed by atoms with Crippen LogP contribution in [0.25, 0.3) is 0 Å². The van der Waals surface area contributed by atoms with Crippen LogP contribution in [-0.4, -0.2) is 28.1 Å². The van der Waals surface area contributed by atoms with E-state index in [9.17, 15) is 31.5 Å². The number of nitrogens with zero attached hydrogens (tertiary/aromatic N) is 2. The van der Waals surface area contributed by atoms with Crippen LogP contribution < -0.4 is 0 Å². The summed E-state index contributed by atoms with van der Waals surface area (Å²) in [4.78, 5) is 23.0. The topological polar surface area (TPSA) is 61.2 Å². The largest absolute Gasteiger partial charge is 0.465 e. The number of alkyl halides is 5. The zero-order valence-corrected chi connectivity index (χ0v) is 11.3. The lowest BCUT2D eigenvalue weighted by Crippen LogP contribution is -2.29. The van der Waals surface area contributed by atoms with Gasteiger partial charge in [-0.3, -0.25) is 14.3 Å². The molecule has 0 bridgehead atoms. The minimum Gasteiger partial charge on any atom is -0.465 e. The van der Waals surface area contributed by atoms with Crippen LogP contribution in [0.4, 0.5) is 22.0 Å². The highest BCUT2D eigenvalue weighted by molar-refractivity contribution is 6.00. The van der Waals surface area contributed by atoms with Crippen LogP contribution in [0.5, 0.6) is 0 Å². The molecule has 5 nitrogen and oxygen atoms in total. The summed E-state index contributed by atoms with van der Waals surface area (Å²) < 4.78 is 71.3. The maximum atomic E-state index is 13.9. The Kier molecular flexibility index (Phi) is 3.96. The Morgan fingerprint density at radius 3 is 2.59 bits per heavy atom. The Bertz CT molecular complexity index is 621. The summed E-state index contributed by atoms with van der Waals surface area (Å²) in [5.74, 6) is -5.76. The van der Waals surface area contributed by atoms with Gasteiger partial charge in [0.1, 0.15) is 12.2 Å². The van der Waals surface area contributed by atoms with Crippen molar-refractivity contribution in [3.05, 3.63) is 17.0 Å². The molecule has 0 unspecified atom stereocenters. The van der Waals surface area contributed by atoms with E-state index >= 15 is 0 Å². The van der Waals surface area contributed by atoms with E-state index in [-0.39, 0.29) is 11.3 Å². The van der Waals surface area contributed by atoms with E-state index < -0.39 is 60.2 Å². The van der Waals surface area contributed by atoms with Gasteiger partial charge in [0.2, 0.25) is 0 Å². The van der Waals surface area contributed by atoms with E-state index in [1.54, 1.807) is 0 Å². The van der Waals surface area contributed by atoms with Crippen molar-refractivity contribution in [3.63, 3.8) is 0 Å². The van der Waals surface area contributed by atoms with E-state index in [2.05, 4.69) is 9.84 Å². The zero-order valence-electron chi connectivity index (χ0n) is 11.3. The molecule has 0 atom stereocenters. The number of hydrogen-bond donors (Lipinski definition) is 0. The smallest absolute Gasteiger partial charge is 0.435 e. The zero-order chi connectivity index (χ0) is 16.7. The summed E-state index contributed by atoms with van der Waals surface area (Å²) in [6.45, 7) is 0.467.